The summed E-state index contributed by atoms with van der Waals surface area (Å²) in [5.41, 5.74) is 3.27. The van der Waals surface area contributed by atoms with Gasteiger partial charge in [0, 0.05) is 29.8 Å². The lowest BCUT2D eigenvalue weighted by Crippen LogP contribution is -2.16. The highest BCUT2D eigenvalue weighted by Gasteiger charge is 2.28. The number of imidazole rings is 1. The maximum Gasteiger partial charge on any atom is 0.303 e. The Labute approximate surface area is 218 Å². The molecule has 0 spiro atoms. The van der Waals surface area contributed by atoms with Gasteiger partial charge in [-0.2, -0.15) is 8.78 Å². The maximum absolute atomic E-state index is 15.1. The number of halogens is 3. The van der Waals surface area contributed by atoms with Crippen molar-refractivity contribution in [2.24, 2.45) is 5.92 Å². The number of alkyl halides is 2. The van der Waals surface area contributed by atoms with E-state index >= 15 is 4.39 Å². The number of carboxylic acids is 1. The molecule has 0 unspecified atom stereocenters. The number of nitrogens with zero attached hydrogens (tertiary/aromatic N) is 2. The molecule has 1 aliphatic rings. The molecule has 2 aromatic heterocycles. The number of hydrogen-bond donors (Lipinski definition) is 2. The molecule has 4 aromatic rings. The number of fused-ring (bicyclic) bond motifs is 1. The van der Waals surface area contributed by atoms with Crippen molar-refractivity contribution < 1.29 is 23.1 Å². The summed E-state index contributed by atoms with van der Waals surface area (Å²) in [6.45, 7) is 1.53. The van der Waals surface area contributed by atoms with Crippen LogP contribution in [0.5, 0.6) is 0 Å². The Bertz CT molecular complexity index is 1490. The Morgan fingerprint density at radius 1 is 1.11 bits per heavy atom. The molecule has 0 amide bonds. The van der Waals surface area contributed by atoms with Crippen molar-refractivity contribution in [2.45, 2.75) is 50.9 Å². The molecule has 2 heterocycles. The maximum atomic E-state index is 15.1. The van der Waals surface area contributed by atoms with Crippen molar-refractivity contribution in [1.82, 2.24) is 15.0 Å². The number of pyridine rings is 1. The Morgan fingerprint density at radius 2 is 1.84 bits per heavy atom. The second-order valence-corrected chi connectivity index (χ2v) is 9.93. The predicted octanol–water partition coefficient (Wildman–Crippen LogP) is 7.85. The molecular weight excluding hydrogens is 491 g/mol. The SMILES string of the molecule is CC=CC(F)(F)c1ccc2nc(-c3cnc(-c4ccc(C5CCC(CC(=O)O)CC5)cc4)cc3F)[nH]c2c1. The number of carboxylic acid groups (broad SMARTS) is 1. The summed E-state index contributed by atoms with van der Waals surface area (Å²) in [6.07, 6.45) is 7.51. The van der Waals surface area contributed by atoms with Gasteiger partial charge in [-0.25, -0.2) is 9.37 Å². The van der Waals surface area contributed by atoms with Crippen LogP contribution in [0.25, 0.3) is 33.7 Å². The molecule has 5 nitrogen and oxygen atoms in total. The van der Waals surface area contributed by atoms with Crippen molar-refractivity contribution in [1.29, 1.82) is 0 Å². The number of nitrogens with one attached hydrogen (secondary N) is 1. The van der Waals surface area contributed by atoms with E-state index in [9.17, 15) is 13.6 Å². The van der Waals surface area contributed by atoms with Crippen LogP contribution in [0.4, 0.5) is 13.2 Å². The smallest absolute Gasteiger partial charge is 0.303 e. The van der Waals surface area contributed by atoms with E-state index in [4.69, 9.17) is 5.11 Å². The van der Waals surface area contributed by atoms with Gasteiger partial charge in [-0.1, -0.05) is 36.4 Å². The van der Waals surface area contributed by atoms with Crippen molar-refractivity contribution in [3.05, 3.63) is 83.8 Å². The van der Waals surface area contributed by atoms with Gasteiger partial charge in [-0.05, 0) is 68.2 Å². The minimum Gasteiger partial charge on any atom is -0.481 e. The minimum atomic E-state index is -3.11. The zero-order chi connectivity index (χ0) is 26.9. The Balaban J connectivity index is 1.32. The Kier molecular flexibility index (Phi) is 7.06. The zero-order valence-corrected chi connectivity index (χ0v) is 20.9. The number of aromatic nitrogens is 3. The third-order valence-corrected chi connectivity index (χ3v) is 7.34. The fourth-order valence-corrected chi connectivity index (χ4v) is 5.29. The van der Waals surface area contributed by atoms with Gasteiger partial charge >= 0.3 is 5.97 Å². The molecule has 1 saturated carbocycles. The number of allylic oxidation sites excluding steroid dienone is 2. The van der Waals surface area contributed by atoms with E-state index in [1.54, 1.807) is 0 Å². The van der Waals surface area contributed by atoms with Gasteiger partial charge in [0.05, 0.1) is 22.3 Å². The average molecular weight is 520 g/mol. The first-order chi connectivity index (χ1) is 18.2. The molecule has 2 N–H and O–H groups in total. The quantitative estimate of drug-likeness (QED) is 0.244. The monoisotopic (exact) mass is 519 g/mol. The second kappa shape index (κ2) is 10.4. The molecule has 38 heavy (non-hydrogen) atoms. The molecule has 1 aliphatic carbocycles. The summed E-state index contributed by atoms with van der Waals surface area (Å²) in [5, 5.41) is 9.01. The van der Waals surface area contributed by atoms with E-state index in [0.717, 1.165) is 37.3 Å². The Hall–Kier alpha value is -3.94. The first-order valence-corrected chi connectivity index (χ1v) is 12.7. The van der Waals surface area contributed by atoms with Gasteiger partial charge in [-0.15, -0.1) is 0 Å². The van der Waals surface area contributed by atoms with Crippen LogP contribution in [0.3, 0.4) is 0 Å². The van der Waals surface area contributed by atoms with Gasteiger partial charge in [0.25, 0.3) is 5.92 Å². The number of H-pyrrole nitrogens is 1. The van der Waals surface area contributed by atoms with E-state index in [0.29, 0.717) is 22.6 Å². The molecule has 8 heteroatoms. The van der Waals surface area contributed by atoms with E-state index in [1.807, 2.05) is 24.3 Å². The molecule has 5 rings (SSSR count). The number of carbonyl (C=O) groups is 1. The number of rotatable bonds is 7. The lowest BCUT2D eigenvalue weighted by atomic mass is 9.77. The fraction of sp³-hybridized carbons (Fsp3) is 0.300. The second-order valence-electron chi connectivity index (χ2n) is 9.93. The molecular formula is C30H28F3N3O2. The first-order valence-electron chi connectivity index (χ1n) is 12.7. The highest BCUT2D eigenvalue weighted by atomic mass is 19.3. The molecule has 0 atom stereocenters. The van der Waals surface area contributed by atoms with E-state index in [1.165, 1.54) is 49.0 Å². The summed E-state index contributed by atoms with van der Waals surface area (Å²) in [4.78, 5) is 22.7. The number of aromatic amines is 1. The van der Waals surface area contributed by atoms with Gasteiger partial charge in [0.2, 0.25) is 0 Å². The van der Waals surface area contributed by atoms with Crippen LogP contribution < -0.4 is 0 Å². The summed E-state index contributed by atoms with van der Waals surface area (Å²) in [7, 11) is 0. The molecule has 0 radical (unpaired) electrons. The van der Waals surface area contributed by atoms with E-state index in [2.05, 4.69) is 15.0 Å². The average Bonchev–Trinajstić information content (AvgIpc) is 3.32. The summed E-state index contributed by atoms with van der Waals surface area (Å²) < 4.78 is 43.7. The molecule has 2 aromatic carbocycles. The third-order valence-electron chi connectivity index (χ3n) is 7.34. The highest BCUT2D eigenvalue weighted by molar-refractivity contribution is 5.80. The topological polar surface area (TPSA) is 78.9 Å². The Morgan fingerprint density at radius 3 is 2.50 bits per heavy atom. The first kappa shape index (κ1) is 25.7. The van der Waals surface area contributed by atoms with Crippen LogP contribution >= 0.6 is 0 Å². The molecule has 0 saturated heterocycles. The van der Waals surface area contributed by atoms with Crippen LogP contribution in [0.15, 0.2) is 66.9 Å². The molecule has 1 fully saturated rings. The van der Waals surface area contributed by atoms with E-state index < -0.39 is 17.7 Å². The van der Waals surface area contributed by atoms with Gasteiger partial charge in [0.15, 0.2) is 0 Å². The van der Waals surface area contributed by atoms with Gasteiger partial charge in [-0.3, -0.25) is 9.78 Å². The largest absolute Gasteiger partial charge is 0.481 e. The third kappa shape index (κ3) is 5.35. The van der Waals surface area contributed by atoms with Gasteiger partial charge < -0.3 is 10.1 Å². The molecule has 0 bridgehead atoms. The number of aliphatic carboxylic acids is 1. The van der Waals surface area contributed by atoms with Crippen LogP contribution in [-0.2, 0) is 10.7 Å². The van der Waals surface area contributed by atoms with Crippen LogP contribution in [0.1, 0.15) is 56.1 Å². The van der Waals surface area contributed by atoms with Crippen LogP contribution in [0.2, 0.25) is 0 Å². The zero-order valence-electron chi connectivity index (χ0n) is 20.9. The minimum absolute atomic E-state index is 0.154. The van der Waals surface area contributed by atoms with Crippen LogP contribution in [-0.4, -0.2) is 26.0 Å². The summed E-state index contributed by atoms with van der Waals surface area (Å²) >= 11 is 0. The lowest BCUT2D eigenvalue weighted by Gasteiger charge is -2.28. The molecule has 0 aliphatic heterocycles. The van der Waals surface area contributed by atoms with Gasteiger partial charge in [0.1, 0.15) is 11.6 Å². The standard InChI is InChI=1S/C30H28F3N3O2/c1-2-13-30(32,33)22-11-12-25-27(15-22)36-29(35-25)23-17-34-26(16-24(23)31)21-9-7-20(8-10-21)19-5-3-18(4-6-19)14-28(37)38/h2,7-13,15-19H,3-6,14H2,1H3,(H,35,36)(H,37,38). The van der Waals surface area contributed by atoms with Crippen molar-refractivity contribution in [2.75, 3.05) is 0 Å². The van der Waals surface area contributed by atoms with Crippen LogP contribution in [0, 0.1) is 11.7 Å². The van der Waals surface area contributed by atoms with Crippen molar-refractivity contribution in [3.63, 3.8) is 0 Å². The lowest BCUT2D eigenvalue weighted by molar-refractivity contribution is -0.138. The highest BCUT2D eigenvalue weighted by Crippen LogP contribution is 2.38. The number of benzene rings is 2. The molecule has 196 valence electrons. The fourth-order valence-electron chi connectivity index (χ4n) is 5.29. The van der Waals surface area contributed by atoms with Crippen molar-refractivity contribution in [3.8, 4) is 22.6 Å². The normalized spacial score (nSPS) is 18.3. The van der Waals surface area contributed by atoms with Crippen molar-refractivity contribution >= 4 is 17.0 Å². The summed E-state index contributed by atoms with van der Waals surface area (Å²) in [5.74, 6) is -3.50. The van der Waals surface area contributed by atoms with E-state index in [-0.39, 0.29) is 29.3 Å². The number of hydrogen-bond acceptors (Lipinski definition) is 3. The summed E-state index contributed by atoms with van der Waals surface area (Å²) in [6, 6.07) is 13.4. The predicted molar refractivity (Wildman–Crippen MR) is 140 cm³/mol.